The predicted molar refractivity (Wildman–Crippen MR) is 134 cm³/mol. The Kier molecular flexibility index (Phi) is 8.02. The number of nitrogens with one attached hydrogen (secondary N) is 1. The van der Waals surface area contributed by atoms with Gasteiger partial charge in [-0.2, -0.15) is 0 Å². The molecule has 34 heavy (non-hydrogen) atoms. The van der Waals surface area contributed by atoms with Crippen LogP contribution in [0.2, 0.25) is 0 Å². The molecule has 6 nitrogen and oxygen atoms in total. The van der Waals surface area contributed by atoms with Crippen LogP contribution in [0.5, 0.6) is 0 Å². The van der Waals surface area contributed by atoms with E-state index in [0.717, 1.165) is 11.1 Å². The molecule has 7 heteroatoms. The molecule has 1 amide bonds. The summed E-state index contributed by atoms with van der Waals surface area (Å²) in [6.45, 7) is 7.76. The van der Waals surface area contributed by atoms with Gasteiger partial charge in [0, 0.05) is 30.3 Å². The lowest BCUT2D eigenvalue weighted by atomic mass is 9.96. The van der Waals surface area contributed by atoms with Gasteiger partial charge in [0.05, 0.1) is 10.5 Å². The Hall–Kier alpha value is -3.29. The third-order valence-corrected chi connectivity index (χ3v) is 7.05. The van der Waals surface area contributed by atoms with E-state index in [0.29, 0.717) is 16.7 Å². The molecule has 0 atom stereocenters. The van der Waals surface area contributed by atoms with Crippen molar-refractivity contribution in [3.63, 3.8) is 0 Å². The van der Waals surface area contributed by atoms with Crippen LogP contribution >= 0.6 is 0 Å². The smallest absolute Gasteiger partial charge is 0.254 e. The van der Waals surface area contributed by atoms with Gasteiger partial charge in [-0.15, -0.1) is 0 Å². The summed E-state index contributed by atoms with van der Waals surface area (Å²) in [6, 6.07) is 20.3. The van der Waals surface area contributed by atoms with Gasteiger partial charge in [-0.05, 0) is 45.9 Å². The standard InChI is InChI=1S/C27H30N2O4S/c1-19(2)29(18-17-28-34(32,33)23-15-11-21(4)12-16-23)27(31)25-8-6-5-7-24(25)26(30)22-13-9-20(3)10-14-22/h5-16,19,28H,17-18H2,1-4H3. The van der Waals surface area contributed by atoms with E-state index in [1.54, 1.807) is 65.6 Å². The van der Waals surface area contributed by atoms with Crippen LogP contribution in [0.3, 0.4) is 0 Å². The van der Waals surface area contributed by atoms with E-state index in [9.17, 15) is 18.0 Å². The molecular formula is C27H30N2O4S. The van der Waals surface area contributed by atoms with Crippen LogP contribution in [0.1, 0.15) is 51.3 Å². The first-order valence-electron chi connectivity index (χ1n) is 11.2. The second kappa shape index (κ2) is 10.8. The third-order valence-electron chi connectivity index (χ3n) is 5.58. The van der Waals surface area contributed by atoms with Crippen molar-refractivity contribution in [1.82, 2.24) is 9.62 Å². The highest BCUT2D eigenvalue weighted by Gasteiger charge is 2.24. The molecule has 0 spiro atoms. The maximum Gasteiger partial charge on any atom is 0.254 e. The molecule has 0 fully saturated rings. The molecule has 178 valence electrons. The van der Waals surface area contributed by atoms with Gasteiger partial charge in [0.2, 0.25) is 10.0 Å². The number of carbonyl (C=O) groups is 2. The van der Waals surface area contributed by atoms with Gasteiger partial charge in [-0.25, -0.2) is 13.1 Å². The number of sulfonamides is 1. The molecule has 0 heterocycles. The molecule has 0 aliphatic carbocycles. The zero-order chi connectivity index (χ0) is 24.9. The molecule has 3 aromatic carbocycles. The minimum atomic E-state index is -3.69. The predicted octanol–water partition coefficient (Wildman–Crippen LogP) is 4.36. The average molecular weight is 479 g/mol. The summed E-state index contributed by atoms with van der Waals surface area (Å²) in [5.41, 5.74) is 3.13. The summed E-state index contributed by atoms with van der Waals surface area (Å²) in [7, 11) is -3.69. The first-order chi connectivity index (χ1) is 16.1. The largest absolute Gasteiger partial charge is 0.335 e. The molecule has 0 saturated heterocycles. The van der Waals surface area contributed by atoms with Gasteiger partial charge in [-0.1, -0.05) is 65.7 Å². The zero-order valence-corrected chi connectivity index (χ0v) is 20.7. The van der Waals surface area contributed by atoms with E-state index in [4.69, 9.17) is 0 Å². The third kappa shape index (κ3) is 5.98. The number of ketones is 1. The van der Waals surface area contributed by atoms with Crippen molar-refractivity contribution in [3.8, 4) is 0 Å². The first kappa shape index (κ1) is 25.3. The van der Waals surface area contributed by atoms with E-state index >= 15 is 0 Å². The fourth-order valence-corrected chi connectivity index (χ4v) is 4.60. The molecule has 0 aliphatic heterocycles. The highest BCUT2D eigenvalue weighted by Crippen LogP contribution is 2.18. The molecule has 0 aromatic heterocycles. The van der Waals surface area contributed by atoms with Gasteiger partial charge in [0.25, 0.3) is 5.91 Å². The fourth-order valence-electron chi connectivity index (χ4n) is 3.58. The van der Waals surface area contributed by atoms with E-state index < -0.39 is 10.0 Å². The molecule has 0 radical (unpaired) electrons. The van der Waals surface area contributed by atoms with Gasteiger partial charge in [0.15, 0.2) is 5.78 Å². The summed E-state index contributed by atoms with van der Waals surface area (Å²) in [4.78, 5) is 28.3. The van der Waals surface area contributed by atoms with E-state index in [1.807, 2.05) is 39.8 Å². The summed E-state index contributed by atoms with van der Waals surface area (Å²) in [5.74, 6) is -0.548. The minimum absolute atomic E-state index is 0.0498. The summed E-state index contributed by atoms with van der Waals surface area (Å²) >= 11 is 0. The molecule has 0 saturated carbocycles. The normalized spacial score (nSPS) is 11.4. The highest BCUT2D eigenvalue weighted by atomic mass is 32.2. The van der Waals surface area contributed by atoms with Crippen molar-refractivity contribution >= 4 is 21.7 Å². The van der Waals surface area contributed by atoms with Crippen molar-refractivity contribution in [3.05, 3.63) is 101 Å². The minimum Gasteiger partial charge on any atom is -0.335 e. The highest BCUT2D eigenvalue weighted by molar-refractivity contribution is 7.89. The van der Waals surface area contributed by atoms with Gasteiger partial charge >= 0.3 is 0 Å². The van der Waals surface area contributed by atoms with Crippen LogP contribution in [0, 0.1) is 13.8 Å². The Balaban J connectivity index is 1.78. The molecule has 1 N–H and O–H groups in total. The number of hydrogen-bond donors (Lipinski definition) is 1. The van der Waals surface area contributed by atoms with Crippen LogP contribution in [-0.2, 0) is 10.0 Å². The maximum atomic E-state index is 13.5. The van der Waals surface area contributed by atoms with Crippen molar-refractivity contribution in [2.24, 2.45) is 0 Å². The Labute approximate surface area is 201 Å². The lowest BCUT2D eigenvalue weighted by Crippen LogP contribution is -2.42. The average Bonchev–Trinajstić information content (AvgIpc) is 2.81. The van der Waals surface area contributed by atoms with Crippen LogP contribution in [-0.4, -0.2) is 44.1 Å². The van der Waals surface area contributed by atoms with Crippen molar-refractivity contribution < 1.29 is 18.0 Å². The number of carbonyl (C=O) groups excluding carboxylic acids is 2. The fraction of sp³-hybridized carbons (Fsp3) is 0.259. The molecule has 0 bridgehead atoms. The topological polar surface area (TPSA) is 83.6 Å². The lowest BCUT2D eigenvalue weighted by molar-refractivity contribution is 0.0706. The number of hydrogen-bond acceptors (Lipinski definition) is 4. The second-order valence-corrected chi connectivity index (χ2v) is 10.3. The zero-order valence-electron chi connectivity index (χ0n) is 19.9. The van der Waals surface area contributed by atoms with Crippen molar-refractivity contribution in [2.75, 3.05) is 13.1 Å². The first-order valence-corrected chi connectivity index (χ1v) is 12.7. The van der Waals surface area contributed by atoms with Crippen LogP contribution < -0.4 is 4.72 Å². The number of aryl methyl sites for hydroxylation is 2. The SMILES string of the molecule is Cc1ccc(C(=O)c2ccccc2C(=O)N(CCNS(=O)(=O)c2ccc(C)cc2)C(C)C)cc1. The van der Waals surface area contributed by atoms with Crippen molar-refractivity contribution in [1.29, 1.82) is 0 Å². The van der Waals surface area contributed by atoms with Gasteiger partial charge in [0.1, 0.15) is 0 Å². The number of nitrogens with zero attached hydrogens (tertiary/aromatic N) is 1. The summed E-state index contributed by atoms with van der Waals surface area (Å²) in [6.07, 6.45) is 0. The Morgan fingerprint density at radius 2 is 1.35 bits per heavy atom. The lowest BCUT2D eigenvalue weighted by Gasteiger charge is -2.27. The summed E-state index contributed by atoms with van der Waals surface area (Å²) in [5, 5.41) is 0. The van der Waals surface area contributed by atoms with Crippen LogP contribution in [0.15, 0.2) is 77.7 Å². The maximum absolute atomic E-state index is 13.5. The van der Waals surface area contributed by atoms with Crippen LogP contribution in [0.4, 0.5) is 0 Å². The molecule has 3 rings (SSSR count). The van der Waals surface area contributed by atoms with E-state index in [2.05, 4.69) is 4.72 Å². The van der Waals surface area contributed by atoms with Crippen LogP contribution in [0.25, 0.3) is 0 Å². The summed E-state index contributed by atoms with van der Waals surface area (Å²) < 4.78 is 27.8. The monoisotopic (exact) mass is 478 g/mol. The number of benzene rings is 3. The van der Waals surface area contributed by atoms with E-state index in [-0.39, 0.29) is 35.7 Å². The quantitative estimate of drug-likeness (QED) is 0.463. The second-order valence-electron chi connectivity index (χ2n) is 8.54. The van der Waals surface area contributed by atoms with E-state index in [1.165, 1.54) is 0 Å². The molecule has 0 unspecified atom stereocenters. The number of rotatable bonds is 9. The Bertz CT molecular complexity index is 1260. The van der Waals surface area contributed by atoms with Crippen molar-refractivity contribution in [2.45, 2.75) is 38.6 Å². The molecule has 0 aliphatic rings. The molecular weight excluding hydrogens is 448 g/mol. The molecule has 3 aromatic rings. The Morgan fingerprint density at radius 1 is 0.824 bits per heavy atom. The van der Waals surface area contributed by atoms with Gasteiger partial charge in [-0.3, -0.25) is 9.59 Å². The number of amides is 1. The Morgan fingerprint density at radius 3 is 1.91 bits per heavy atom. The van der Waals surface area contributed by atoms with Gasteiger partial charge < -0.3 is 4.90 Å².